The van der Waals surface area contributed by atoms with Crippen LogP contribution in [0.1, 0.15) is 49.7 Å². The van der Waals surface area contributed by atoms with E-state index in [1.54, 1.807) is 0 Å². The number of benzene rings is 2. The summed E-state index contributed by atoms with van der Waals surface area (Å²) < 4.78 is 22.7. The molecule has 0 aromatic heterocycles. The van der Waals surface area contributed by atoms with Crippen molar-refractivity contribution in [3.63, 3.8) is 0 Å². The van der Waals surface area contributed by atoms with Gasteiger partial charge in [-0.1, -0.05) is 85.0 Å². The van der Waals surface area contributed by atoms with Crippen LogP contribution in [0.15, 0.2) is 85.0 Å². The zero-order chi connectivity index (χ0) is 25.9. The van der Waals surface area contributed by atoms with Gasteiger partial charge in [-0.05, 0) is 55.6 Å². The maximum Gasteiger partial charge on any atom is 0.324 e. The van der Waals surface area contributed by atoms with Crippen molar-refractivity contribution in [3.8, 4) is 0 Å². The molecule has 1 saturated carbocycles. The first-order valence-electron chi connectivity index (χ1n) is 13.0. The van der Waals surface area contributed by atoms with Crippen LogP contribution >= 0.6 is 0 Å². The molecule has 2 aliphatic rings. The zero-order valence-electron chi connectivity index (χ0n) is 21.3. The first-order chi connectivity index (χ1) is 18.1. The van der Waals surface area contributed by atoms with E-state index < -0.39 is 17.4 Å². The first-order valence-corrected chi connectivity index (χ1v) is 13.0. The van der Waals surface area contributed by atoms with Crippen molar-refractivity contribution in [2.75, 3.05) is 13.2 Å². The Bertz CT molecular complexity index is 1000. The van der Waals surface area contributed by atoms with Gasteiger partial charge in [0.05, 0.1) is 6.61 Å². The second kappa shape index (κ2) is 13.4. The van der Waals surface area contributed by atoms with Crippen molar-refractivity contribution in [3.05, 3.63) is 96.1 Å². The Hall–Kier alpha value is -3.22. The van der Waals surface area contributed by atoms with E-state index in [0.29, 0.717) is 19.4 Å². The summed E-state index contributed by atoms with van der Waals surface area (Å²) in [5.74, 6) is -1.14. The van der Waals surface area contributed by atoms with E-state index in [2.05, 4.69) is 6.58 Å². The largest absolute Gasteiger partial charge is 0.460 e. The van der Waals surface area contributed by atoms with Crippen molar-refractivity contribution >= 4 is 11.9 Å². The smallest absolute Gasteiger partial charge is 0.324 e. The molecule has 6 nitrogen and oxygen atoms in total. The molecule has 0 amide bonds. The van der Waals surface area contributed by atoms with Crippen LogP contribution < -0.4 is 0 Å². The summed E-state index contributed by atoms with van der Waals surface area (Å²) in [6, 6.07) is 18.9. The van der Waals surface area contributed by atoms with E-state index in [9.17, 15) is 9.59 Å². The van der Waals surface area contributed by atoms with Crippen molar-refractivity contribution in [2.45, 2.75) is 58.0 Å². The number of carbonyl (C=O) groups excluding carboxylic acids is 2. The molecule has 2 fully saturated rings. The number of allylic oxidation sites excluding steroid dienone is 2. The van der Waals surface area contributed by atoms with Gasteiger partial charge < -0.3 is 18.9 Å². The van der Waals surface area contributed by atoms with Crippen LogP contribution in [0.25, 0.3) is 0 Å². The van der Waals surface area contributed by atoms with Gasteiger partial charge in [0, 0.05) is 6.61 Å². The minimum Gasteiger partial charge on any atom is -0.460 e. The Labute approximate surface area is 219 Å². The Morgan fingerprint density at radius 3 is 2.11 bits per heavy atom. The Kier molecular flexibility index (Phi) is 9.69. The molecule has 0 bridgehead atoms. The molecule has 2 aromatic carbocycles. The summed E-state index contributed by atoms with van der Waals surface area (Å²) in [6.07, 6.45) is 8.18. The SMILES string of the molecule is C=C1CC(C(=O)OCc2ccccc2)(C(=O)OCc2ccccc2)CC1C/C=C/COC1CCCCO1. The van der Waals surface area contributed by atoms with Crippen molar-refractivity contribution in [1.82, 2.24) is 0 Å². The average Bonchev–Trinajstić information content (AvgIpc) is 3.29. The maximum atomic E-state index is 13.4. The quantitative estimate of drug-likeness (QED) is 0.215. The zero-order valence-corrected chi connectivity index (χ0v) is 21.3. The highest BCUT2D eigenvalue weighted by Crippen LogP contribution is 2.48. The first kappa shape index (κ1) is 26.8. The number of rotatable bonds is 11. The standard InChI is InChI=1S/C31H36O6/c1-24-20-31(29(32)36-22-25-12-4-2-5-13-25,30(33)37-23-26-14-6-3-7-15-26)21-27(24)16-8-10-18-34-28-17-9-11-19-35-28/h2-8,10,12-15,27-28H,1,9,11,16-23H2/b10-8+. The van der Waals surface area contributed by atoms with E-state index in [-0.39, 0.29) is 31.8 Å². The highest BCUT2D eigenvalue weighted by Gasteiger charge is 2.55. The lowest BCUT2D eigenvalue weighted by atomic mass is 9.84. The minimum absolute atomic E-state index is 0.0317. The van der Waals surface area contributed by atoms with Crippen molar-refractivity contribution in [2.24, 2.45) is 11.3 Å². The Balaban J connectivity index is 1.39. The predicted molar refractivity (Wildman–Crippen MR) is 140 cm³/mol. The fourth-order valence-electron chi connectivity index (χ4n) is 4.87. The summed E-state index contributed by atoms with van der Waals surface area (Å²) in [5.41, 5.74) is 1.18. The molecule has 196 valence electrons. The van der Waals surface area contributed by atoms with Crippen molar-refractivity contribution in [1.29, 1.82) is 0 Å². The predicted octanol–water partition coefficient (Wildman–Crippen LogP) is 5.92. The van der Waals surface area contributed by atoms with E-state index in [1.807, 2.05) is 72.8 Å². The minimum atomic E-state index is -1.40. The lowest BCUT2D eigenvalue weighted by Gasteiger charge is -2.25. The molecule has 0 radical (unpaired) electrons. The van der Waals surface area contributed by atoms with Crippen LogP contribution in [-0.2, 0) is 41.8 Å². The molecule has 1 heterocycles. The van der Waals surface area contributed by atoms with Gasteiger partial charge >= 0.3 is 11.9 Å². The van der Waals surface area contributed by atoms with Gasteiger partial charge in [0.1, 0.15) is 13.2 Å². The number of carbonyl (C=O) groups is 2. The van der Waals surface area contributed by atoms with Crippen LogP contribution in [0.5, 0.6) is 0 Å². The summed E-state index contributed by atoms with van der Waals surface area (Å²) in [4.78, 5) is 26.8. The molecule has 2 unspecified atom stereocenters. The van der Waals surface area contributed by atoms with Crippen LogP contribution in [0, 0.1) is 11.3 Å². The van der Waals surface area contributed by atoms with Gasteiger partial charge in [0.15, 0.2) is 11.7 Å². The lowest BCUT2D eigenvalue weighted by molar-refractivity contribution is -0.174. The maximum absolute atomic E-state index is 13.4. The number of esters is 2. The third-order valence-electron chi connectivity index (χ3n) is 7.01. The Morgan fingerprint density at radius 1 is 0.919 bits per heavy atom. The van der Waals surface area contributed by atoms with Crippen molar-refractivity contribution < 1.29 is 28.5 Å². The molecule has 0 N–H and O–H groups in total. The molecule has 1 aliphatic carbocycles. The van der Waals surface area contributed by atoms with Gasteiger partial charge in [-0.25, -0.2) is 0 Å². The highest BCUT2D eigenvalue weighted by atomic mass is 16.7. The summed E-state index contributed by atoms with van der Waals surface area (Å²) in [5, 5.41) is 0. The molecular weight excluding hydrogens is 468 g/mol. The van der Waals surface area contributed by atoms with Gasteiger partial charge in [0.2, 0.25) is 0 Å². The third-order valence-corrected chi connectivity index (χ3v) is 7.01. The Morgan fingerprint density at radius 2 is 1.54 bits per heavy atom. The van der Waals surface area contributed by atoms with Crippen LogP contribution in [-0.4, -0.2) is 31.4 Å². The molecule has 37 heavy (non-hydrogen) atoms. The molecule has 6 heteroatoms. The fourth-order valence-corrected chi connectivity index (χ4v) is 4.87. The molecule has 2 aromatic rings. The average molecular weight is 505 g/mol. The highest BCUT2D eigenvalue weighted by molar-refractivity contribution is 6.01. The van der Waals surface area contributed by atoms with Crippen LogP contribution in [0.4, 0.5) is 0 Å². The summed E-state index contributed by atoms with van der Waals surface area (Å²) in [6.45, 7) is 5.62. The molecular formula is C31H36O6. The summed E-state index contributed by atoms with van der Waals surface area (Å²) >= 11 is 0. The third kappa shape index (κ3) is 7.40. The normalized spacial score (nSPS) is 21.1. The monoisotopic (exact) mass is 504 g/mol. The van der Waals surface area contributed by atoms with Gasteiger partial charge in [-0.3, -0.25) is 9.59 Å². The molecule has 0 spiro atoms. The van der Waals surface area contributed by atoms with Gasteiger partial charge in [0.25, 0.3) is 0 Å². The molecule has 4 rings (SSSR count). The summed E-state index contributed by atoms with van der Waals surface area (Å²) in [7, 11) is 0. The number of ether oxygens (including phenoxy) is 4. The van der Waals surface area contributed by atoms with Gasteiger partial charge in [-0.2, -0.15) is 0 Å². The second-order valence-corrected chi connectivity index (χ2v) is 9.78. The van der Waals surface area contributed by atoms with Crippen LogP contribution in [0.2, 0.25) is 0 Å². The fraction of sp³-hybridized carbons (Fsp3) is 0.419. The van der Waals surface area contributed by atoms with E-state index >= 15 is 0 Å². The molecule has 1 saturated heterocycles. The molecule has 1 aliphatic heterocycles. The van der Waals surface area contributed by atoms with E-state index in [1.165, 1.54) is 0 Å². The topological polar surface area (TPSA) is 71.1 Å². The van der Waals surface area contributed by atoms with Gasteiger partial charge in [-0.15, -0.1) is 0 Å². The number of hydrogen-bond acceptors (Lipinski definition) is 6. The molecule has 2 atom stereocenters. The second-order valence-electron chi connectivity index (χ2n) is 9.78. The van der Waals surface area contributed by atoms with Crippen LogP contribution in [0.3, 0.4) is 0 Å². The lowest BCUT2D eigenvalue weighted by Crippen LogP contribution is -2.40. The van der Waals surface area contributed by atoms with E-state index in [4.69, 9.17) is 18.9 Å². The number of hydrogen-bond donors (Lipinski definition) is 0. The van der Waals surface area contributed by atoms with E-state index in [0.717, 1.165) is 42.6 Å².